The van der Waals surface area contributed by atoms with Crippen LogP contribution in [0.2, 0.25) is 0 Å². The van der Waals surface area contributed by atoms with Crippen molar-refractivity contribution in [2.75, 3.05) is 6.61 Å². The molecular formula is C18H17FO4. The second-order valence-electron chi connectivity index (χ2n) is 4.92. The lowest BCUT2D eigenvalue weighted by Crippen LogP contribution is -2.02. The van der Waals surface area contributed by atoms with E-state index in [1.54, 1.807) is 26.0 Å². The van der Waals surface area contributed by atoms with Crippen molar-refractivity contribution < 1.29 is 23.8 Å². The standard InChI is InChI=1S/C18H17FO4/c1-3-16(20)14-9-11(6-8-15(14)19)13-7-5-12(18(21)22)10-17(13)23-4-2/h5-10H,3-4H2,1-2H3,(H,21,22). The van der Waals surface area contributed by atoms with Crippen molar-refractivity contribution in [2.24, 2.45) is 0 Å². The first-order chi connectivity index (χ1) is 11.0. The number of carbonyl (C=O) groups excluding carboxylic acids is 1. The molecule has 1 N–H and O–H groups in total. The Morgan fingerprint density at radius 3 is 2.48 bits per heavy atom. The lowest BCUT2D eigenvalue weighted by molar-refractivity contribution is 0.0696. The van der Waals surface area contributed by atoms with Gasteiger partial charge in [0.15, 0.2) is 5.78 Å². The number of ether oxygens (including phenoxy) is 1. The van der Waals surface area contributed by atoms with E-state index in [-0.39, 0.29) is 23.3 Å². The summed E-state index contributed by atoms with van der Waals surface area (Å²) >= 11 is 0. The summed E-state index contributed by atoms with van der Waals surface area (Å²) in [5.74, 6) is -1.53. The Morgan fingerprint density at radius 2 is 1.87 bits per heavy atom. The van der Waals surface area contributed by atoms with Gasteiger partial charge in [0.05, 0.1) is 17.7 Å². The fourth-order valence-electron chi connectivity index (χ4n) is 2.27. The minimum atomic E-state index is -1.06. The summed E-state index contributed by atoms with van der Waals surface area (Å²) in [7, 11) is 0. The minimum Gasteiger partial charge on any atom is -0.493 e. The third kappa shape index (κ3) is 3.56. The number of carboxylic acid groups (broad SMARTS) is 1. The molecule has 0 aliphatic heterocycles. The summed E-state index contributed by atoms with van der Waals surface area (Å²) < 4.78 is 19.3. The SMILES string of the molecule is CCOc1cc(C(=O)O)ccc1-c1ccc(F)c(C(=O)CC)c1. The molecule has 0 unspecified atom stereocenters. The van der Waals surface area contributed by atoms with Crippen LogP contribution in [0, 0.1) is 5.82 Å². The van der Waals surface area contributed by atoms with Crippen LogP contribution in [0.4, 0.5) is 4.39 Å². The van der Waals surface area contributed by atoms with Crippen LogP contribution in [-0.2, 0) is 0 Å². The van der Waals surface area contributed by atoms with E-state index in [4.69, 9.17) is 9.84 Å². The summed E-state index contributed by atoms with van der Waals surface area (Å²) in [5, 5.41) is 9.07. The van der Waals surface area contributed by atoms with Gasteiger partial charge in [-0.05, 0) is 42.8 Å². The van der Waals surface area contributed by atoms with E-state index in [1.165, 1.54) is 24.3 Å². The molecule has 0 aliphatic rings. The van der Waals surface area contributed by atoms with E-state index in [9.17, 15) is 14.0 Å². The first kappa shape index (κ1) is 16.7. The van der Waals surface area contributed by atoms with Gasteiger partial charge in [-0.3, -0.25) is 4.79 Å². The summed E-state index contributed by atoms with van der Waals surface area (Å²) in [4.78, 5) is 22.9. The monoisotopic (exact) mass is 316 g/mol. The molecule has 0 bridgehead atoms. The van der Waals surface area contributed by atoms with Crippen molar-refractivity contribution >= 4 is 11.8 Å². The molecule has 0 atom stereocenters. The Bertz CT molecular complexity index is 753. The Labute approximate surface area is 133 Å². The van der Waals surface area contributed by atoms with E-state index in [0.717, 1.165) is 0 Å². The van der Waals surface area contributed by atoms with Gasteiger partial charge in [0.25, 0.3) is 0 Å². The maximum Gasteiger partial charge on any atom is 0.335 e. The van der Waals surface area contributed by atoms with Crippen molar-refractivity contribution in [3.05, 3.63) is 53.3 Å². The zero-order valence-corrected chi connectivity index (χ0v) is 12.9. The van der Waals surface area contributed by atoms with Crippen LogP contribution in [0.1, 0.15) is 41.0 Å². The van der Waals surface area contributed by atoms with Crippen LogP contribution in [0.3, 0.4) is 0 Å². The van der Waals surface area contributed by atoms with Crippen molar-refractivity contribution in [3.8, 4) is 16.9 Å². The van der Waals surface area contributed by atoms with Crippen LogP contribution in [0.15, 0.2) is 36.4 Å². The summed E-state index contributed by atoms with van der Waals surface area (Å²) in [6, 6.07) is 8.72. The fourth-order valence-corrected chi connectivity index (χ4v) is 2.27. The molecular weight excluding hydrogens is 299 g/mol. The first-order valence-corrected chi connectivity index (χ1v) is 7.31. The molecule has 0 aromatic heterocycles. The van der Waals surface area contributed by atoms with Crippen LogP contribution in [0.25, 0.3) is 11.1 Å². The number of carboxylic acids is 1. The van der Waals surface area contributed by atoms with Gasteiger partial charge in [0.2, 0.25) is 0 Å². The molecule has 23 heavy (non-hydrogen) atoms. The zero-order valence-electron chi connectivity index (χ0n) is 12.9. The highest BCUT2D eigenvalue weighted by atomic mass is 19.1. The number of rotatable bonds is 6. The minimum absolute atomic E-state index is 0.0229. The average Bonchev–Trinajstić information content (AvgIpc) is 2.55. The number of hydrogen-bond acceptors (Lipinski definition) is 3. The van der Waals surface area contributed by atoms with Gasteiger partial charge in [-0.1, -0.05) is 13.0 Å². The quantitative estimate of drug-likeness (QED) is 0.812. The van der Waals surface area contributed by atoms with Crippen molar-refractivity contribution in [1.82, 2.24) is 0 Å². The van der Waals surface area contributed by atoms with Crippen molar-refractivity contribution in [3.63, 3.8) is 0 Å². The maximum atomic E-state index is 13.8. The predicted molar refractivity (Wildman–Crippen MR) is 84.6 cm³/mol. The molecule has 0 saturated heterocycles. The summed E-state index contributed by atoms with van der Waals surface area (Å²) in [5.41, 5.74) is 1.34. The molecule has 0 saturated carbocycles. The topological polar surface area (TPSA) is 63.6 Å². The molecule has 0 aliphatic carbocycles. The number of halogens is 1. The molecule has 0 amide bonds. The van der Waals surface area contributed by atoms with Crippen molar-refractivity contribution in [1.29, 1.82) is 0 Å². The van der Waals surface area contributed by atoms with E-state index in [2.05, 4.69) is 0 Å². The predicted octanol–water partition coefficient (Wildman–Crippen LogP) is 4.18. The normalized spacial score (nSPS) is 10.4. The van der Waals surface area contributed by atoms with E-state index >= 15 is 0 Å². The van der Waals surface area contributed by atoms with Crippen molar-refractivity contribution in [2.45, 2.75) is 20.3 Å². The number of Topliss-reactive ketones (excluding diaryl/α,β-unsaturated/α-hetero) is 1. The number of aromatic carboxylic acids is 1. The first-order valence-electron chi connectivity index (χ1n) is 7.31. The molecule has 0 heterocycles. The zero-order chi connectivity index (χ0) is 17.0. The Kier molecular flexibility index (Phi) is 5.11. The Hall–Kier alpha value is -2.69. The van der Waals surface area contributed by atoms with Gasteiger partial charge in [0, 0.05) is 12.0 Å². The van der Waals surface area contributed by atoms with Gasteiger partial charge >= 0.3 is 5.97 Å². The van der Waals surface area contributed by atoms with Gasteiger partial charge in [-0.2, -0.15) is 0 Å². The van der Waals surface area contributed by atoms with Gasteiger partial charge < -0.3 is 9.84 Å². The summed E-state index contributed by atoms with van der Waals surface area (Å²) in [6.45, 7) is 3.81. The highest BCUT2D eigenvalue weighted by Gasteiger charge is 2.15. The highest BCUT2D eigenvalue weighted by molar-refractivity contribution is 5.97. The molecule has 4 nitrogen and oxygen atoms in total. The van der Waals surface area contributed by atoms with Crippen LogP contribution < -0.4 is 4.74 Å². The smallest absolute Gasteiger partial charge is 0.335 e. The molecule has 120 valence electrons. The van der Waals surface area contributed by atoms with E-state index in [1.807, 2.05) is 0 Å². The molecule has 0 spiro atoms. The van der Waals surface area contributed by atoms with E-state index in [0.29, 0.717) is 23.5 Å². The molecule has 2 aromatic rings. The number of hydrogen-bond donors (Lipinski definition) is 1. The number of benzene rings is 2. The maximum absolute atomic E-state index is 13.8. The Morgan fingerprint density at radius 1 is 1.13 bits per heavy atom. The van der Waals surface area contributed by atoms with Crippen LogP contribution in [-0.4, -0.2) is 23.5 Å². The molecule has 0 fully saturated rings. The third-order valence-corrected chi connectivity index (χ3v) is 3.43. The highest BCUT2D eigenvalue weighted by Crippen LogP contribution is 2.32. The second-order valence-corrected chi connectivity index (χ2v) is 4.92. The molecule has 2 rings (SSSR count). The number of ketones is 1. The van der Waals surface area contributed by atoms with Crippen LogP contribution >= 0.6 is 0 Å². The fraction of sp³-hybridized carbons (Fsp3) is 0.222. The van der Waals surface area contributed by atoms with Gasteiger partial charge in [-0.15, -0.1) is 0 Å². The summed E-state index contributed by atoms with van der Waals surface area (Å²) in [6.07, 6.45) is 0.205. The third-order valence-electron chi connectivity index (χ3n) is 3.43. The average molecular weight is 316 g/mol. The largest absolute Gasteiger partial charge is 0.493 e. The van der Waals surface area contributed by atoms with E-state index < -0.39 is 11.8 Å². The second kappa shape index (κ2) is 7.05. The molecule has 0 radical (unpaired) electrons. The van der Waals surface area contributed by atoms with Gasteiger partial charge in [0.1, 0.15) is 11.6 Å². The lowest BCUT2D eigenvalue weighted by atomic mass is 9.98. The molecule has 5 heteroatoms. The lowest BCUT2D eigenvalue weighted by Gasteiger charge is -2.12. The number of carbonyl (C=O) groups is 2. The van der Waals surface area contributed by atoms with Gasteiger partial charge in [-0.25, -0.2) is 9.18 Å². The Balaban J connectivity index is 2.57. The molecule has 2 aromatic carbocycles. The van der Waals surface area contributed by atoms with Crippen LogP contribution in [0.5, 0.6) is 5.75 Å².